The van der Waals surface area contributed by atoms with E-state index >= 15 is 0 Å². The van der Waals surface area contributed by atoms with Crippen LogP contribution in [0.2, 0.25) is 0 Å². The Hall–Kier alpha value is -1.45. The SMILES string of the molecule is OC(CNCc1ccc2ccccc2n1)C1CC1. The van der Waals surface area contributed by atoms with Crippen molar-refractivity contribution in [3.05, 3.63) is 42.1 Å². The normalized spacial score (nSPS) is 16.9. The highest BCUT2D eigenvalue weighted by Crippen LogP contribution is 2.32. The molecule has 0 spiro atoms. The second kappa shape index (κ2) is 5.04. The molecule has 0 bridgehead atoms. The second-order valence-electron chi connectivity index (χ2n) is 5.03. The Bertz CT molecular complexity index is 537. The summed E-state index contributed by atoms with van der Waals surface area (Å²) in [6.07, 6.45) is 2.17. The molecule has 1 aromatic carbocycles. The van der Waals surface area contributed by atoms with Crippen LogP contribution in [0.4, 0.5) is 0 Å². The van der Waals surface area contributed by atoms with E-state index in [1.54, 1.807) is 0 Å². The van der Waals surface area contributed by atoms with Crippen LogP contribution in [-0.2, 0) is 6.54 Å². The lowest BCUT2D eigenvalue weighted by molar-refractivity contribution is 0.148. The summed E-state index contributed by atoms with van der Waals surface area (Å²) in [7, 11) is 0. The number of nitrogens with one attached hydrogen (secondary N) is 1. The maximum Gasteiger partial charge on any atom is 0.0705 e. The van der Waals surface area contributed by atoms with E-state index < -0.39 is 0 Å². The van der Waals surface area contributed by atoms with E-state index in [1.165, 1.54) is 18.2 Å². The molecule has 1 aliphatic rings. The first-order chi connectivity index (χ1) is 8.83. The third-order valence-electron chi connectivity index (χ3n) is 3.48. The first kappa shape index (κ1) is 11.6. The summed E-state index contributed by atoms with van der Waals surface area (Å²) in [6, 6.07) is 12.3. The average Bonchev–Trinajstić information content (AvgIpc) is 3.23. The van der Waals surface area contributed by atoms with E-state index in [0.717, 1.165) is 11.2 Å². The number of nitrogens with zero attached hydrogens (tertiary/aromatic N) is 1. The lowest BCUT2D eigenvalue weighted by atomic mass is 10.2. The number of hydrogen-bond donors (Lipinski definition) is 2. The molecule has 1 saturated carbocycles. The molecular weight excluding hydrogens is 224 g/mol. The minimum atomic E-state index is -0.189. The Labute approximate surface area is 107 Å². The summed E-state index contributed by atoms with van der Waals surface area (Å²) in [5.74, 6) is 0.530. The van der Waals surface area contributed by atoms with Gasteiger partial charge in [-0.2, -0.15) is 0 Å². The average molecular weight is 242 g/mol. The molecule has 3 nitrogen and oxygen atoms in total. The number of para-hydroxylation sites is 1. The molecule has 2 N–H and O–H groups in total. The second-order valence-corrected chi connectivity index (χ2v) is 5.03. The van der Waals surface area contributed by atoms with Crippen molar-refractivity contribution in [1.29, 1.82) is 0 Å². The molecule has 3 rings (SSSR count). The molecule has 1 heterocycles. The van der Waals surface area contributed by atoms with Crippen LogP contribution in [0, 0.1) is 5.92 Å². The molecule has 0 saturated heterocycles. The Morgan fingerprint density at radius 2 is 2.06 bits per heavy atom. The lowest BCUT2D eigenvalue weighted by Crippen LogP contribution is -2.28. The smallest absolute Gasteiger partial charge is 0.0705 e. The van der Waals surface area contributed by atoms with E-state index in [9.17, 15) is 5.11 Å². The van der Waals surface area contributed by atoms with Gasteiger partial charge in [-0.05, 0) is 30.9 Å². The molecule has 1 unspecified atom stereocenters. The third-order valence-corrected chi connectivity index (χ3v) is 3.48. The zero-order valence-electron chi connectivity index (χ0n) is 10.3. The van der Waals surface area contributed by atoms with Crippen LogP contribution < -0.4 is 5.32 Å². The van der Waals surface area contributed by atoms with Crippen LogP contribution in [0.1, 0.15) is 18.5 Å². The van der Waals surface area contributed by atoms with E-state index in [2.05, 4.69) is 22.4 Å². The van der Waals surface area contributed by atoms with Crippen molar-refractivity contribution < 1.29 is 5.11 Å². The van der Waals surface area contributed by atoms with Crippen molar-refractivity contribution in [2.45, 2.75) is 25.5 Å². The van der Waals surface area contributed by atoms with Gasteiger partial charge in [0.05, 0.1) is 17.3 Å². The Morgan fingerprint density at radius 3 is 2.89 bits per heavy atom. The summed E-state index contributed by atoms with van der Waals surface area (Å²) in [6.45, 7) is 1.38. The van der Waals surface area contributed by atoms with E-state index in [4.69, 9.17) is 0 Å². The molecule has 1 fully saturated rings. The summed E-state index contributed by atoms with van der Waals surface area (Å²) in [5, 5.41) is 14.2. The fourth-order valence-electron chi connectivity index (χ4n) is 2.20. The Balaban J connectivity index is 1.60. The fourth-order valence-corrected chi connectivity index (χ4v) is 2.20. The van der Waals surface area contributed by atoms with Gasteiger partial charge in [0.15, 0.2) is 0 Å². The highest BCUT2D eigenvalue weighted by molar-refractivity contribution is 5.78. The molecule has 0 aliphatic heterocycles. The molecule has 0 radical (unpaired) electrons. The quantitative estimate of drug-likeness (QED) is 0.844. The number of pyridine rings is 1. The molecule has 1 aromatic heterocycles. The summed E-state index contributed by atoms with van der Waals surface area (Å²) >= 11 is 0. The summed E-state index contributed by atoms with van der Waals surface area (Å²) in [5.41, 5.74) is 2.05. The molecule has 0 amide bonds. The predicted molar refractivity (Wildman–Crippen MR) is 72.2 cm³/mol. The minimum Gasteiger partial charge on any atom is -0.392 e. The van der Waals surface area contributed by atoms with E-state index in [-0.39, 0.29) is 6.10 Å². The van der Waals surface area contributed by atoms with Gasteiger partial charge in [-0.3, -0.25) is 4.98 Å². The number of aliphatic hydroxyl groups excluding tert-OH is 1. The van der Waals surface area contributed by atoms with Gasteiger partial charge in [0.1, 0.15) is 0 Å². The van der Waals surface area contributed by atoms with E-state index in [0.29, 0.717) is 19.0 Å². The number of rotatable bonds is 5. The van der Waals surface area contributed by atoms with Crippen molar-refractivity contribution in [1.82, 2.24) is 10.3 Å². The van der Waals surface area contributed by atoms with Crippen LogP contribution in [0.25, 0.3) is 10.9 Å². The first-order valence-corrected chi connectivity index (χ1v) is 6.56. The Morgan fingerprint density at radius 1 is 1.22 bits per heavy atom. The maximum absolute atomic E-state index is 9.76. The van der Waals surface area contributed by atoms with Gasteiger partial charge in [0.2, 0.25) is 0 Å². The summed E-state index contributed by atoms with van der Waals surface area (Å²) in [4.78, 5) is 4.59. The fraction of sp³-hybridized carbons (Fsp3) is 0.400. The topological polar surface area (TPSA) is 45.1 Å². The molecule has 18 heavy (non-hydrogen) atoms. The van der Waals surface area contributed by atoms with Gasteiger partial charge < -0.3 is 10.4 Å². The van der Waals surface area contributed by atoms with Gasteiger partial charge >= 0.3 is 0 Å². The maximum atomic E-state index is 9.76. The minimum absolute atomic E-state index is 0.189. The van der Waals surface area contributed by atoms with Crippen LogP contribution in [0.3, 0.4) is 0 Å². The highest BCUT2D eigenvalue weighted by atomic mass is 16.3. The number of benzene rings is 1. The first-order valence-electron chi connectivity index (χ1n) is 6.56. The van der Waals surface area contributed by atoms with Gasteiger partial charge in [-0.25, -0.2) is 0 Å². The molecule has 2 aromatic rings. The van der Waals surface area contributed by atoms with Crippen LogP contribution in [-0.4, -0.2) is 22.7 Å². The predicted octanol–water partition coefficient (Wildman–Crippen LogP) is 2.10. The molecule has 1 atom stereocenters. The largest absolute Gasteiger partial charge is 0.392 e. The lowest BCUT2D eigenvalue weighted by Gasteiger charge is -2.10. The molecule has 1 aliphatic carbocycles. The van der Waals surface area contributed by atoms with Crippen molar-refractivity contribution in [2.75, 3.05) is 6.54 Å². The monoisotopic (exact) mass is 242 g/mol. The van der Waals surface area contributed by atoms with E-state index in [1.807, 2.05) is 24.3 Å². The van der Waals surface area contributed by atoms with Crippen LogP contribution in [0.15, 0.2) is 36.4 Å². The number of hydrogen-bond acceptors (Lipinski definition) is 3. The van der Waals surface area contributed by atoms with Gasteiger partial charge in [-0.15, -0.1) is 0 Å². The third kappa shape index (κ3) is 2.68. The zero-order chi connectivity index (χ0) is 12.4. The van der Waals surface area contributed by atoms with Crippen molar-refractivity contribution >= 4 is 10.9 Å². The molecule has 94 valence electrons. The number of aliphatic hydroxyl groups is 1. The van der Waals surface area contributed by atoms with Crippen LogP contribution >= 0.6 is 0 Å². The van der Waals surface area contributed by atoms with Gasteiger partial charge in [0.25, 0.3) is 0 Å². The van der Waals surface area contributed by atoms with Gasteiger partial charge in [-0.1, -0.05) is 24.3 Å². The molecule has 3 heteroatoms. The van der Waals surface area contributed by atoms with Crippen molar-refractivity contribution in [3.8, 4) is 0 Å². The van der Waals surface area contributed by atoms with Crippen molar-refractivity contribution in [2.24, 2.45) is 5.92 Å². The molecular formula is C15H18N2O. The summed E-state index contributed by atoms with van der Waals surface area (Å²) < 4.78 is 0. The number of fused-ring (bicyclic) bond motifs is 1. The van der Waals surface area contributed by atoms with Crippen LogP contribution in [0.5, 0.6) is 0 Å². The zero-order valence-corrected chi connectivity index (χ0v) is 10.3. The standard InChI is InChI=1S/C15H18N2O/c18-15(12-5-6-12)10-16-9-13-8-7-11-3-1-2-4-14(11)17-13/h1-4,7-8,12,15-16,18H,5-6,9-10H2. The highest BCUT2D eigenvalue weighted by Gasteiger charge is 2.29. The van der Waals surface area contributed by atoms with Crippen molar-refractivity contribution in [3.63, 3.8) is 0 Å². The number of aromatic nitrogens is 1. The van der Waals surface area contributed by atoms with Gasteiger partial charge in [0, 0.05) is 18.5 Å². The Kier molecular flexibility index (Phi) is 3.26.